The number of hydrogen-bond donors (Lipinski definition) is 1. The minimum absolute atomic E-state index is 0.118. The van der Waals surface area contributed by atoms with Gasteiger partial charge in [-0.1, -0.05) is 48.6 Å². The Morgan fingerprint density at radius 1 is 1.00 bits per heavy atom. The van der Waals surface area contributed by atoms with Crippen LogP contribution < -0.4 is 0 Å². The molecule has 0 saturated carbocycles. The van der Waals surface area contributed by atoms with Gasteiger partial charge < -0.3 is 0 Å². The second-order valence-corrected chi connectivity index (χ2v) is 5.63. The summed E-state index contributed by atoms with van der Waals surface area (Å²) in [6.45, 7) is 0. The Morgan fingerprint density at radius 3 is 1.95 bits per heavy atom. The fourth-order valence-corrected chi connectivity index (χ4v) is 3.67. The number of nitrogens with zero attached hydrogens (tertiary/aromatic N) is 1. The Bertz CT molecular complexity index is 669. The monoisotopic (exact) mass is 278 g/mol. The van der Waals surface area contributed by atoms with Crippen molar-refractivity contribution in [3.05, 3.63) is 70.2 Å². The van der Waals surface area contributed by atoms with Crippen LogP contribution in [0.3, 0.4) is 0 Å². The average molecular weight is 278 g/mol. The van der Waals surface area contributed by atoms with Gasteiger partial charge in [0.25, 0.3) is 0 Å². The van der Waals surface area contributed by atoms with E-state index in [-0.39, 0.29) is 11.8 Å². The molecule has 3 heteroatoms. The minimum atomic E-state index is 0.118. The van der Waals surface area contributed by atoms with Gasteiger partial charge in [-0.2, -0.15) is 5.26 Å². The Morgan fingerprint density at radius 2 is 1.50 bits per heavy atom. The van der Waals surface area contributed by atoms with Crippen LogP contribution in [0.2, 0.25) is 0 Å². The smallest absolute Gasteiger partial charge is 0.102 e. The maximum absolute atomic E-state index is 9.47. The third-order valence-corrected chi connectivity index (χ3v) is 4.59. The van der Waals surface area contributed by atoms with Gasteiger partial charge in [-0.15, -0.1) is 11.8 Å². The highest BCUT2D eigenvalue weighted by Gasteiger charge is 2.35. The number of hydrogen-bond acceptors (Lipinski definition) is 3. The molecule has 0 heterocycles. The maximum atomic E-state index is 9.47. The molecule has 0 radical (unpaired) electrons. The van der Waals surface area contributed by atoms with Crippen molar-refractivity contribution in [3.8, 4) is 6.07 Å². The van der Waals surface area contributed by atoms with Crippen LogP contribution >= 0.6 is 11.8 Å². The zero-order valence-electron chi connectivity index (χ0n) is 11.1. The Labute approximate surface area is 123 Å². The highest BCUT2D eigenvalue weighted by molar-refractivity contribution is 8.03. The van der Waals surface area contributed by atoms with Crippen LogP contribution in [0.5, 0.6) is 0 Å². The summed E-state index contributed by atoms with van der Waals surface area (Å²) in [6.07, 6.45) is 18.5. The van der Waals surface area contributed by atoms with Crippen molar-refractivity contribution in [2.24, 2.45) is 11.8 Å². The Kier molecular flexibility index (Phi) is 3.33. The molecule has 0 fully saturated rings. The van der Waals surface area contributed by atoms with Crippen LogP contribution in [0.1, 0.15) is 0 Å². The van der Waals surface area contributed by atoms with Crippen molar-refractivity contribution in [1.82, 2.24) is 0 Å². The van der Waals surface area contributed by atoms with Gasteiger partial charge in [0.05, 0.1) is 11.3 Å². The van der Waals surface area contributed by atoms with Gasteiger partial charge in [0.15, 0.2) is 0 Å². The first-order chi connectivity index (χ1) is 9.77. The molecule has 1 N–H and O–H groups in total. The number of allylic oxidation sites excluding steroid dienone is 12. The van der Waals surface area contributed by atoms with E-state index in [0.717, 1.165) is 16.1 Å². The van der Waals surface area contributed by atoms with E-state index in [0.29, 0.717) is 11.3 Å². The Hall–Kier alpha value is -2.05. The first kappa shape index (κ1) is 13.0. The summed E-state index contributed by atoms with van der Waals surface area (Å²) in [5.74, 6) is 0.299. The molecule has 3 rings (SSSR count). The van der Waals surface area contributed by atoms with E-state index in [1.807, 2.05) is 30.6 Å². The highest BCUT2D eigenvalue weighted by Crippen LogP contribution is 2.45. The fraction of sp³-hybridized carbons (Fsp3) is 0.176. The van der Waals surface area contributed by atoms with Crippen LogP contribution in [0.4, 0.5) is 0 Å². The third kappa shape index (κ3) is 1.85. The van der Waals surface area contributed by atoms with Crippen LogP contribution in [0.25, 0.3) is 0 Å². The number of thioether (sulfide) groups is 1. The number of nitriles is 1. The molecule has 3 aliphatic carbocycles. The van der Waals surface area contributed by atoms with Crippen molar-refractivity contribution in [3.63, 3.8) is 0 Å². The highest BCUT2D eigenvalue weighted by atomic mass is 32.2. The molecule has 0 bridgehead atoms. The van der Waals surface area contributed by atoms with Crippen molar-refractivity contribution >= 4 is 17.5 Å². The molecule has 0 spiro atoms. The molecule has 3 aliphatic rings. The summed E-state index contributed by atoms with van der Waals surface area (Å²) in [5.41, 5.74) is 3.05. The predicted molar refractivity (Wildman–Crippen MR) is 84.4 cm³/mol. The predicted octanol–water partition coefficient (Wildman–Crippen LogP) is 3.94. The van der Waals surface area contributed by atoms with Crippen molar-refractivity contribution in [1.29, 1.82) is 10.7 Å². The van der Waals surface area contributed by atoms with Gasteiger partial charge in [0.2, 0.25) is 0 Å². The van der Waals surface area contributed by atoms with Crippen LogP contribution in [-0.4, -0.2) is 12.0 Å². The number of nitrogens with one attached hydrogen (secondary N) is 1. The molecule has 0 aliphatic heterocycles. The third-order valence-electron chi connectivity index (χ3n) is 3.76. The lowest BCUT2D eigenvalue weighted by molar-refractivity contribution is 0.906. The van der Waals surface area contributed by atoms with E-state index in [2.05, 4.69) is 30.4 Å². The first-order valence-electron chi connectivity index (χ1n) is 6.50. The molecule has 0 aromatic heterocycles. The summed E-state index contributed by atoms with van der Waals surface area (Å²) in [5, 5.41) is 17.8. The van der Waals surface area contributed by atoms with Crippen molar-refractivity contribution in [2.45, 2.75) is 0 Å². The van der Waals surface area contributed by atoms with E-state index in [9.17, 15) is 5.26 Å². The molecule has 0 amide bonds. The lowest BCUT2D eigenvalue weighted by atomic mass is 9.86. The van der Waals surface area contributed by atoms with E-state index in [4.69, 9.17) is 5.41 Å². The van der Waals surface area contributed by atoms with Gasteiger partial charge in [-0.05, 0) is 17.4 Å². The van der Waals surface area contributed by atoms with Gasteiger partial charge in [-0.25, -0.2) is 0 Å². The van der Waals surface area contributed by atoms with Gasteiger partial charge >= 0.3 is 0 Å². The SMILES string of the molecule is CSC1=C(C2C=CC=C2)C(C2C=CC=C2)=C(C#N)C1=N. The molecule has 0 aromatic carbocycles. The lowest BCUT2D eigenvalue weighted by Crippen LogP contribution is -2.06. The molecule has 0 saturated heterocycles. The average Bonchev–Trinajstić information content (AvgIpc) is 3.18. The first-order valence-corrected chi connectivity index (χ1v) is 7.72. The van der Waals surface area contributed by atoms with E-state index in [1.54, 1.807) is 11.8 Å². The van der Waals surface area contributed by atoms with E-state index < -0.39 is 0 Å². The van der Waals surface area contributed by atoms with Crippen LogP contribution in [0.15, 0.2) is 70.2 Å². The minimum Gasteiger partial charge on any atom is -0.298 e. The summed E-state index contributed by atoms with van der Waals surface area (Å²) in [4.78, 5) is 0.937. The van der Waals surface area contributed by atoms with Gasteiger partial charge in [0, 0.05) is 16.7 Å². The summed E-state index contributed by atoms with van der Waals surface area (Å²) >= 11 is 1.56. The topological polar surface area (TPSA) is 47.6 Å². The van der Waals surface area contributed by atoms with E-state index in [1.165, 1.54) is 0 Å². The maximum Gasteiger partial charge on any atom is 0.102 e. The molecular weight excluding hydrogens is 264 g/mol. The fourth-order valence-electron chi connectivity index (χ4n) is 2.89. The van der Waals surface area contributed by atoms with Crippen molar-refractivity contribution < 1.29 is 0 Å². The van der Waals surface area contributed by atoms with Gasteiger partial charge in [-0.3, -0.25) is 5.41 Å². The number of rotatable bonds is 3. The van der Waals surface area contributed by atoms with Crippen LogP contribution in [0, 0.1) is 28.6 Å². The summed E-state index contributed by atoms with van der Waals surface area (Å²) in [7, 11) is 0. The molecule has 0 atom stereocenters. The zero-order chi connectivity index (χ0) is 14.1. The molecule has 2 nitrogen and oxygen atoms in total. The lowest BCUT2D eigenvalue weighted by Gasteiger charge is -2.17. The van der Waals surface area contributed by atoms with Crippen LogP contribution in [-0.2, 0) is 0 Å². The summed E-state index contributed by atoms with van der Waals surface area (Å²) < 4.78 is 0. The molecule has 0 unspecified atom stereocenters. The quantitative estimate of drug-likeness (QED) is 0.850. The van der Waals surface area contributed by atoms with E-state index >= 15 is 0 Å². The standard InChI is InChI=1S/C17H14N2S/c1-20-17-15(12-8-4-5-9-12)14(11-6-2-3-7-11)13(10-18)16(17)19/h2-9,11-12,19H,1H3. The molecular formula is C17H14N2S. The second kappa shape index (κ2) is 5.15. The molecule has 98 valence electrons. The molecule has 0 aromatic rings. The van der Waals surface area contributed by atoms with Gasteiger partial charge in [0.1, 0.15) is 6.07 Å². The zero-order valence-corrected chi connectivity index (χ0v) is 11.9. The normalized spacial score (nSPS) is 21.9. The van der Waals surface area contributed by atoms with Crippen molar-refractivity contribution in [2.75, 3.05) is 6.26 Å². The largest absolute Gasteiger partial charge is 0.298 e. The Balaban J connectivity index is 2.18. The molecule has 20 heavy (non-hydrogen) atoms. The summed E-state index contributed by atoms with van der Waals surface area (Å²) in [6, 6.07) is 2.24. The second-order valence-electron chi connectivity index (χ2n) is 4.81.